The first-order chi connectivity index (χ1) is 12.3. The summed E-state index contributed by atoms with van der Waals surface area (Å²) in [6.07, 6.45) is 1.72. The average Bonchev–Trinajstić information content (AvgIpc) is 2.67. The number of pyridine rings is 2. The van der Waals surface area contributed by atoms with Crippen LogP contribution >= 0.6 is 0 Å². The second-order valence-electron chi connectivity index (χ2n) is 5.98. The minimum atomic E-state index is -0.306. The number of hydrogen-bond donors (Lipinski definition) is 0. The fourth-order valence-electron chi connectivity index (χ4n) is 3.40. The van der Waals surface area contributed by atoms with Crippen molar-refractivity contribution in [2.24, 2.45) is 0 Å². The lowest BCUT2D eigenvalue weighted by molar-refractivity contribution is 0.302. The monoisotopic (exact) mass is 328 g/mol. The highest BCUT2D eigenvalue weighted by molar-refractivity contribution is 5.98. The summed E-state index contributed by atoms with van der Waals surface area (Å²) in [5.74, 6) is 0.343. The van der Waals surface area contributed by atoms with Gasteiger partial charge in [0.05, 0.1) is 5.69 Å². The Morgan fingerprint density at radius 2 is 1.84 bits per heavy atom. The van der Waals surface area contributed by atoms with Crippen LogP contribution in [0.4, 0.5) is 4.39 Å². The molecule has 0 bridgehead atoms. The van der Waals surface area contributed by atoms with Gasteiger partial charge >= 0.3 is 0 Å². The number of rotatable bonds is 1. The molecule has 3 nitrogen and oxygen atoms in total. The van der Waals surface area contributed by atoms with Gasteiger partial charge < -0.3 is 4.74 Å². The molecule has 2 aromatic carbocycles. The first kappa shape index (κ1) is 14.1. The van der Waals surface area contributed by atoms with E-state index in [0.29, 0.717) is 23.6 Å². The van der Waals surface area contributed by atoms with Crippen LogP contribution in [0.15, 0.2) is 66.9 Å². The third kappa shape index (κ3) is 2.18. The van der Waals surface area contributed by atoms with Gasteiger partial charge in [0, 0.05) is 28.3 Å². The Bertz CT molecular complexity index is 1110. The quantitative estimate of drug-likeness (QED) is 0.493. The summed E-state index contributed by atoms with van der Waals surface area (Å²) in [5, 5.41) is 0.968. The maximum atomic E-state index is 13.8. The fraction of sp³-hybridized carbons (Fsp3) is 0.0476. The van der Waals surface area contributed by atoms with E-state index in [-0.39, 0.29) is 5.82 Å². The molecule has 1 aliphatic heterocycles. The van der Waals surface area contributed by atoms with Crippen molar-refractivity contribution in [2.75, 3.05) is 0 Å². The van der Waals surface area contributed by atoms with Crippen molar-refractivity contribution in [1.29, 1.82) is 0 Å². The van der Waals surface area contributed by atoms with Crippen LogP contribution in [0.3, 0.4) is 0 Å². The van der Waals surface area contributed by atoms with Gasteiger partial charge in [-0.05, 0) is 35.9 Å². The highest BCUT2D eigenvalue weighted by atomic mass is 19.1. The van der Waals surface area contributed by atoms with Crippen molar-refractivity contribution in [3.63, 3.8) is 0 Å². The van der Waals surface area contributed by atoms with E-state index in [1.54, 1.807) is 12.3 Å². The average molecular weight is 328 g/mol. The zero-order valence-electron chi connectivity index (χ0n) is 13.2. The highest BCUT2D eigenvalue weighted by Gasteiger charge is 2.25. The molecule has 0 saturated carbocycles. The molecule has 0 spiro atoms. The van der Waals surface area contributed by atoms with Crippen molar-refractivity contribution in [3.05, 3.63) is 78.2 Å². The van der Waals surface area contributed by atoms with Crippen molar-refractivity contribution in [1.82, 2.24) is 9.97 Å². The molecule has 25 heavy (non-hydrogen) atoms. The molecule has 0 amide bonds. The number of benzene rings is 2. The van der Waals surface area contributed by atoms with Gasteiger partial charge in [-0.15, -0.1) is 0 Å². The van der Waals surface area contributed by atoms with Crippen molar-refractivity contribution < 1.29 is 9.13 Å². The molecule has 0 aliphatic carbocycles. The first-order valence-electron chi connectivity index (χ1n) is 8.07. The molecule has 120 valence electrons. The van der Waals surface area contributed by atoms with Crippen LogP contribution in [0, 0.1) is 5.82 Å². The summed E-state index contributed by atoms with van der Waals surface area (Å²) >= 11 is 0. The second kappa shape index (κ2) is 5.38. The van der Waals surface area contributed by atoms with Crippen LogP contribution in [-0.2, 0) is 6.61 Å². The predicted molar refractivity (Wildman–Crippen MR) is 94.7 cm³/mol. The zero-order chi connectivity index (χ0) is 16.8. The van der Waals surface area contributed by atoms with Gasteiger partial charge in [0.2, 0.25) is 0 Å². The molecule has 1 aliphatic rings. The Hall–Kier alpha value is -3.27. The number of nitrogens with zero attached hydrogens (tertiary/aromatic N) is 2. The Morgan fingerprint density at radius 1 is 0.960 bits per heavy atom. The number of ether oxygens (including phenoxy) is 1. The molecule has 2 aromatic heterocycles. The topological polar surface area (TPSA) is 35.0 Å². The third-order valence-corrected chi connectivity index (χ3v) is 4.49. The lowest BCUT2D eigenvalue weighted by Gasteiger charge is -2.23. The zero-order valence-corrected chi connectivity index (χ0v) is 13.2. The molecule has 5 rings (SSSR count). The summed E-state index contributed by atoms with van der Waals surface area (Å²) in [6.45, 7) is 0.399. The third-order valence-electron chi connectivity index (χ3n) is 4.49. The minimum absolute atomic E-state index is 0.306. The molecule has 0 fully saturated rings. The number of halogens is 1. The molecular formula is C21H13FN2O. The van der Waals surface area contributed by atoms with Crippen LogP contribution in [0.2, 0.25) is 0 Å². The van der Waals surface area contributed by atoms with Crippen LogP contribution in [0.5, 0.6) is 5.75 Å². The van der Waals surface area contributed by atoms with E-state index < -0.39 is 0 Å². The van der Waals surface area contributed by atoms with E-state index in [4.69, 9.17) is 9.72 Å². The molecular weight excluding hydrogens is 315 g/mol. The molecule has 0 radical (unpaired) electrons. The molecule has 0 unspecified atom stereocenters. The van der Waals surface area contributed by atoms with Gasteiger partial charge in [0.1, 0.15) is 18.2 Å². The highest BCUT2D eigenvalue weighted by Crippen LogP contribution is 2.43. The minimum Gasteiger partial charge on any atom is -0.488 e. The SMILES string of the molecule is Fc1ccc2c(c1)-c1nc3ncccc3c(-c3ccccc3)c1CO2. The summed E-state index contributed by atoms with van der Waals surface area (Å²) in [7, 11) is 0. The van der Waals surface area contributed by atoms with Crippen LogP contribution in [0.1, 0.15) is 5.56 Å². The van der Waals surface area contributed by atoms with E-state index in [1.807, 2.05) is 30.3 Å². The van der Waals surface area contributed by atoms with E-state index in [9.17, 15) is 4.39 Å². The lowest BCUT2D eigenvalue weighted by atomic mass is 9.92. The van der Waals surface area contributed by atoms with Crippen molar-refractivity contribution in [2.45, 2.75) is 6.61 Å². The van der Waals surface area contributed by atoms with Crippen LogP contribution < -0.4 is 4.74 Å². The standard InChI is InChI=1S/C21H13FN2O/c22-14-8-9-18-16(11-14)20-17(12-25-18)19(13-5-2-1-3-6-13)15-7-4-10-23-21(15)24-20/h1-11H,12H2. The molecule has 0 saturated heterocycles. The first-order valence-corrected chi connectivity index (χ1v) is 8.07. The van der Waals surface area contributed by atoms with Gasteiger partial charge in [-0.2, -0.15) is 0 Å². The van der Waals surface area contributed by atoms with E-state index >= 15 is 0 Å². The van der Waals surface area contributed by atoms with Gasteiger partial charge in [0.15, 0.2) is 5.65 Å². The molecule has 0 N–H and O–H groups in total. The summed E-state index contributed by atoms with van der Waals surface area (Å²) in [5.41, 5.74) is 5.14. The van der Waals surface area contributed by atoms with Gasteiger partial charge in [-0.25, -0.2) is 14.4 Å². The second-order valence-corrected chi connectivity index (χ2v) is 5.98. The van der Waals surface area contributed by atoms with Gasteiger partial charge in [-0.3, -0.25) is 0 Å². The normalized spacial score (nSPS) is 12.4. The van der Waals surface area contributed by atoms with E-state index in [0.717, 1.165) is 27.8 Å². The van der Waals surface area contributed by atoms with E-state index in [1.165, 1.54) is 12.1 Å². The maximum Gasteiger partial charge on any atom is 0.160 e. The number of aromatic nitrogens is 2. The Morgan fingerprint density at radius 3 is 2.72 bits per heavy atom. The van der Waals surface area contributed by atoms with E-state index in [2.05, 4.69) is 17.1 Å². The van der Waals surface area contributed by atoms with Crippen molar-refractivity contribution >= 4 is 11.0 Å². The van der Waals surface area contributed by atoms with Gasteiger partial charge in [0.25, 0.3) is 0 Å². The maximum absolute atomic E-state index is 13.8. The summed E-state index contributed by atoms with van der Waals surface area (Å²) in [6, 6.07) is 18.6. The van der Waals surface area contributed by atoms with Crippen LogP contribution in [0.25, 0.3) is 33.4 Å². The Balaban J connectivity index is 1.91. The number of hydrogen-bond acceptors (Lipinski definition) is 3. The fourth-order valence-corrected chi connectivity index (χ4v) is 3.40. The molecule has 4 heteroatoms. The Kier molecular flexibility index (Phi) is 3.04. The van der Waals surface area contributed by atoms with Crippen LogP contribution in [-0.4, -0.2) is 9.97 Å². The lowest BCUT2D eigenvalue weighted by Crippen LogP contribution is -2.10. The number of fused-ring (bicyclic) bond motifs is 4. The molecule has 0 atom stereocenters. The predicted octanol–water partition coefficient (Wildman–Crippen LogP) is 5.00. The molecule has 3 heterocycles. The Labute approximate surface area is 143 Å². The summed E-state index contributed by atoms with van der Waals surface area (Å²) < 4.78 is 19.7. The summed E-state index contributed by atoms with van der Waals surface area (Å²) in [4.78, 5) is 9.15. The molecule has 4 aromatic rings. The largest absolute Gasteiger partial charge is 0.488 e. The van der Waals surface area contributed by atoms with Gasteiger partial charge in [-0.1, -0.05) is 30.3 Å². The van der Waals surface area contributed by atoms with Crippen molar-refractivity contribution in [3.8, 4) is 28.1 Å². The smallest absolute Gasteiger partial charge is 0.160 e.